The predicted molar refractivity (Wildman–Crippen MR) is 78.0 cm³/mol. The number of amides is 2. The van der Waals surface area contributed by atoms with Crippen molar-refractivity contribution in [2.24, 2.45) is 0 Å². The second-order valence-corrected chi connectivity index (χ2v) is 4.75. The van der Waals surface area contributed by atoms with Crippen molar-refractivity contribution in [1.29, 1.82) is 0 Å². The summed E-state index contributed by atoms with van der Waals surface area (Å²) in [5.74, 6) is 0.143. The predicted octanol–water partition coefficient (Wildman–Crippen LogP) is -0.208. The Balaban J connectivity index is 1.82. The summed E-state index contributed by atoms with van der Waals surface area (Å²) in [5.41, 5.74) is 0. The van der Waals surface area contributed by atoms with Crippen LogP contribution < -0.4 is 15.0 Å². The molecule has 9 nitrogen and oxygen atoms in total. The number of nitrogens with zero attached hydrogens (tertiary/aromatic N) is 4. The first-order valence-corrected chi connectivity index (χ1v) is 6.96. The third-order valence-corrected chi connectivity index (χ3v) is 3.29. The maximum Gasteiger partial charge on any atom is 0.317 e. The van der Waals surface area contributed by atoms with Gasteiger partial charge in [-0.25, -0.2) is 9.78 Å². The van der Waals surface area contributed by atoms with Gasteiger partial charge in [0.25, 0.3) is 0 Å². The number of piperazine rings is 1. The minimum absolute atomic E-state index is 0.0800. The fourth-order valence-electron chi connectivity index (χ4n) is 2.10. The molecule has 1 fully saturated rings. The lowest BCUT2D eigenvalue weighted by Gasteiger charge is -2.34. The normalized spacial score (nSPS) is 14.6. The zero-order valence-electron chi connectivity index (χ0n) is 12.4. The van der Waals surface area contributed by atoms with Gasteiger partial charge in [0.1, 0.15) is 0 Å². The minimum Gasteiger partial charge on any atom is -0.481 e. The monoisotopic (exact) mass is 309 g/mol. The number of carbonyl (C=O) groups excluding carboxylic acids is 1. The van der Waals surface area contributed by atoms with Gasteiger partial charge in [0.2, 0.25) is 11.8 Å². The van der Waals surface area contributed by atoms with Gasteiger partial charge in [-0.2, -0.15) is 4.98 Å². The van der Waals surface area contributed by atoms with Crippen molar-refractivity contribution in [2.75, 3.05) is 44.7 Å². The van der Waals surface area contributed by atoms with Crippen molar-refractivity contribution in [3.63, 3.8) is 0 Å². The van der Waals surface area contributed by atoms with E-state index in [1.807, 2.05) is 4.90 Å². The van der Waals surface area contributed by atoms with Crippen LogP contribution in [0.15, 0.2) is 12.3 Å². The molecule has 2 N–H and O–H groups in total. The van der Waals surface area contributed by atoms with E-state index in [-0.39, 0.29) is 19.0 Å². The van der Waals surface area contributed by atoms with Crippen molar-refractivity contribution in [3.8, 4) is 5.88 Å². The Labute approximate surface area is 127 Å². The number of ether oxygens (including phenoxy) is 1. The average molecular weight is 309 g/mol. The standard InChI is InChI=1S/C13H19N5O4/c1-22-10-2-4-14-12(16-10)17-6-8-18(9-7-17)13(21)15-5-3-11(19)20/h2,4H,3,5-9H2,1H3,(H,15,21)(H,19,20). The van der Waals surface area contributed by atoms with E-state index in [4.69, 9.17) is 9.84 Å². The fraction of sp³-hybridized carbons (Fsp3) is 0.538. The highest BCUT2D eigenvalue weighted by Gasteiger charge is 2.22. The first-order chi connectivity index (χ1) is 10.6. The van der Waals surface area contributed by atoms with Crippen LogP contribution in [0.5, 0.6) is 5.88 Å². The maximum atomic E-state index is 11.9. The Bertz CT molecular complexity index is 531. The van der Waals surface area contributed by atoms with Crippen molar-refractivity contribution >= 4 is 17.9 Å². The number of carbonyl (C=O) groups is 2. The van der Waals surface area contributed by atoms with Crippen LogP contribution in [-0.4, -0.2) is 71.8 Å². The summed E-state index contributed by atoms with van der Waals surface area (Å²) in [5, 5.41) is 11.1. The molecule has 2 rings (SSSR count). The van der Waals surface area contributed by atoms with Gasteiger partial charge in [-0.05, 0) is 0 Å². The number of carboxylic acids is 1. The van der Waals surface area contributed by atoms with E-state index in [1.165, 1.54) is 0 Å². The Morgan fingerprint density at radius 1 is 1.36 bits per heavy atom. The second-order valence-electron chi connectivity index (χ2n) is 4.75. The highest BCUT2D eigenvalue weighted by atomic mass is 16.5. The number of carboxylic acid groups (broad SMARTS) is 1. The molecule has 0 saturated carbocycles. The van der Waals surface area contributed by atoms with E-state index in [1.54, 1.807) is 24.3 Å². The molecule has 9 heteroatoms. The molecule has 22 heavy (non-hydrogen) atoms. The van der Waals surface area contributed by atoms with Gasteiger partial charge in [0.15, 0.2) is 0 Å². The largest absolute Gasteiger partial charge is 0.481 e. The van der Waals surface area contributed by atoms with Gasteiger partial charge in [-0.15, -0.1) is 0 Å². The zero-order chi connectivity index (χ0) is 15.9. The summed E-state index contributed by atoms with van der Waals surface area (Å²) in [6, 6.07) is 1.43. The molecule has 0 bridgehead atoms. The molecule has 1 aromatic heterocycles. The van der Waals surface area contributed by atoms with E-state index in [2.05, 4.69) is 15.3 Å². The van der Waals surface area contributed by atoms with Crippen LogP contribution in [0.1, 0.15) is 6.42 Å². The molecule has 1 aliphatic rings. The number of rotatable bonds is 5. The Hall–Kier alpha value is -2.58. The number of anilines is 1. The highest BCUT2D eigenvalue weighted by Crippen LogP contribution is 2.14. The van der Waals surface area contributed by atoms with Crippen LogP contribution >= 0.6 is 0 Å². The molecule has 0 atom stereocenters. The summed E-state index contributed by atoms with van der Waals surface area (Å²) in [4.78, 5) is 34.4. The number of hydrogen-bond donors (Lipinski definition) is 2. The van der Waals surface area contributed by atoms with Gasteiger partial charge in [-0.3, -0.25) is 4.79 Å². The Kier molecular flexibility index (Phi) is 5.34. The molecule has 120 valence electrons. The van der Waals surface area contributed by atoms with Crippen molar-refractivity contribution < 1.29 is 19.4 Å². The van der Waals surface area contributed by atoms with Gasteiger partial charge in [0, 0.05) is 45.0 Å². The first-order valence-electron chi connectivity index (χ1n) is 6.96. The molecular weight excluding hydrogens is 290 g/mol. The van der Waals surface area contributed by atoms with Gasteiger partial charge in [0.05, 0.1) is 13.5 Å². The molecule has 2 heterocycles. The number of hydrogen-bond acceptors (Lipinski definition) is 6. The molecule has 2 amide bonds. The molecule has 0 spiro atoms. The smallest absolute Gasteiger partial charge is 0.317 e. The molecule has 1 aliphatic heterocycles. The molecule has 0 aromatic carbocycles. The van der Waals surface area contributed by atoms with E-state index in [9.17, 15) is 9.59 Å². The third kappa shape index (κ3) is 4.21. The van der Waals surface area contributed by atoms with Crippen molar-refractivity contribution in [2.45, 2.75) is 6.42 Å². The number of urea groups is 1. The van der Waals surface area contributed by atoms with E-state index in [0.29, 0.717) is 38.0 Å². The Morgan fingerprint density at radius 3 is 2.73 bits per heavy atom. The van der Waals surface area contributed by atoms with Crippen molar-refractivity contribution in [1.82, 2.24) is 20.2 Å². The first kappa shape index (κ1) is 15.8. The third-order valence-electron chi connectivity index (χ3n) is 3.29. The van der Waals surface area contributed by atoms with Crippen LogP contribution in [0.3, 0.4) is 0 Å². The van der Waals surface area contributed by atoms with E-state index in [0.717, 1.165) is 0 Å². The molecule has 0 aliphatic carbocycles. The van der Waals surface area contributed by atoms with Gasteiger partial charge in [-0.1, -0.05) is 0 Å². The molecule has 1 saturated heterocycles. The van der Waals surface area contributed by atoms with Gasteiger partial charge >= 0.3 is 12.0 Å². The fourth-order valence-corrected chi connectivity index (χ4v) is 2.10. The van der Waals surface area contributed by atoms with Crippen LogP contribution in [-0.2, 0) is 4.79 Å². The lowest BCUT2D eigenvalue weighted by molar-refractivity contribution is -0.136. The minimum atomic E-state index is -0.930. The lowest BCUT2D eigenvalue weighted by atomic mass is 10.3. The molecular formula is C13H19N5O4. The van der Waals surface area contributed by atoms with Crippen LogP contribution in [0.4, 0.5) is 10.7 Å². The van der Waals surface area contributed by atoms with Gasteiger partial charge < -0.3 is 25.0 Å². The second kappa shape index (κ2) is 7.43. The number of aliphatic carboxylic acids is 1. The topological polar surface area (TPSA) is 108 Å². The van der Waals surface area contributed by atoms with E-state index >= 15 is 0 Å². The summed E-state index contributed by atoms with van der Waals surface area (Å²) >= 11 is 0. The SMILES string of the molecule is COc1ccnc(N2CCN(C(=O)NCCC(=O)O)CC2)n1. The maximum absolute atomic E-state index is 11.9. The Morgan fingerprint density at radius 2 is 2.09 bits per heavy atom. The zero-order valence-corrected chi connectivity index (χ0v) is 12.4. The molecule has 0 unspecified atom stereocenters. The number of methoxy groups -OCH3 is 1. The quantitative estimate of drug-likeness (QED) is 0.775. The number of nitrogens with one attached hydrogen (secondary N) is 1. The summed E-state index contributed by atoms with van der Waals surface area (Å²) in [7, 11) is 1.55. The van der Waals surface area contributed by atoms with Crippen LogP contribution in [0.25, 0.3) is 0 Å². The number of aromatic nitrogens is 2. The average Bonchev–Trinajstić information content (AvgIpc) is 2.54. The lowest BCUT2D eigenvalue weighted by Crippen LogP contribution is -2.52. The summed E-state index contributed by atoms with van der Waals surface area (Å²) in [6.45, 7) is 2.41. The van der Waals surface area contributed by atoms with Crippen molar-refractivity contribution in [3.05, 3.63) is 12.3 Å². The van der Waals surface area contributed by atoms with E-state index < -0.39 is 5.97 Å². The molecule has 1 aromatic rings. The summed E-state index contributed by atoms with van der Waals surface area (Å²) < 4.78 is 5.07. The summed E-state index contributed by atoms with van der Waals surface area (Å²) in [6.07, 6.45) is 1.55. The van der Waals surface area contributed by atoms with Crippen LogP contribution in [0.2, 0.25) is 0 Å². The highest BCUT2D eigenvalue weighted by molar-refractivity contribution is 5.75. The molecule has 0 radical (unpaired) electrons. The van der Waals surface area contributed by atoms with Crippen LogP contribution in [0, 0.1) is 0 Å².